The number of nitrogens with zero attached hydrogens (tertiary/aromatic N) is 1. The van der Waals surface area contributed by atoms with Gasteiger partial charge in [-0.15, -0.1) is 0 Å². The van der Waals surface area contributed by atoms with Gasteiger partial charge in [-0.1, -0.05) is 12.1 Å². The number of aliphatic hydroxyl groups is 3. The number of aliphatic hydroxyl groups excluding tert-OH is 2. The summed E-state index contributed by atoms with van der Waals surface area (Å²) in [7, 11) is 3.84. The maximum absolute atomic E-state index is 13.7. The normalized spacial score (nSPS) is 24.6. The predicted octanol–water partition coefficient (Wildman–Crippen LogP) is 1.62. The fourth-order valence-electron chi connectivity index (χ4n) is 6.10. The lowest BCUT2D eigenvalue weighted by atomic mass is 9.59. The zero-order valence-electron chi connectivity index (χ0n) is 21.0. The van der Waals surface area contributed by atoms with E-state index < -0.39 is 52.0 Å². The highest BCUT2D eigenvalue weighted by molar-refractivity contribution is 6.22. The third-order valence-corrected chi connectivity index (χ3v) is 8.06. The number of carbonyl (C=O) groups is 3. The summed E-state index contributed by atoms with van der Waals surface area (Å²) in [6.45, 7) is -0.0402. The topological polar surface area (TPSA) is 187 Å². The van der Waals surface area contributed by atoms with Crippen molar-refractivity contribution in [1.29, 1.82) is 0 Å². The quantitative estimate of drug-likeness (QED) is 0.326. The first kappa shape index (κ1) is 25.5. The number of nitrogens with two attached hydrogens (primary N) is 2. The number of benzene rings is 2. The number of carbonyl (C=O) groups excluding carboxylic acids is 3. The highest BCUT2D eigenvalue weighted by atomic mass is 16.3. The van der Waals surface area contributed by atoms with Crippen molar-refractivity contribution in [3.8, 4) is 16.9 Å². The van der Waals surface area contributed by atoms with Crippen molar-refractivity contribution in [2.24, 2.45) is 23.3 Å². The second-order valence-electron chi connectivity index (χ2n) is 10.3. The molecular weight excluding hydrogens is 490 g/mol. The van der Waals surface area contributed by atoms with Crippen LogP contribution in [0.1, 0.15) is 29.5 Å². The van der Waals surface area contributed by atoms with Gasteiger partial charge < -0.3 is 36.8 Å². The van der Waals surface area contributed by atoms with Gasteiger partial charge >= 0.3 is 0 Å². The molecule has 0 aromatic heterocycles. The summed E-state index contributed by atoms with van der Waals surface area (Å²) in [5.41, 5.74) is 11.0. The molecule has 38 heavy (non-hydrogen) atoms. The molecule has 0 bridgehead atoms. The van der Waals surface area contributed by atoms with Crippen LogP contribution in [0.15, 0.2) is 47.2 Å². The van der Waals surface area contributed by atoms with Crippen LogP contribution >= 0.6 is 0 Å². The summed E-state index contributed by atoms with van der Waals surface area (Å²) in [5, 5.41) is 44.6. The fraction of sp³-hybridized carbons (Fsp3) is 0.321. The van der Waals surface area contributed by atoms with Gasteiger partial charge in [0.25, 0.3) is 5.91 Å². The average molecular weight is 520 g/mol. The third kappa shape index (κ3) is 3.44. The third-order valence-electron chi connectivity index (χ3n) is 8.06. The summed E-state index contributed by atoms with van der Waals surface area (Å²) < 4.78 is 0. The van der Waals surface area contributed by atoms with Gasteiger partial charge in [0.2, 0.25) is 5.78 Å². The fourth-order valence-corrected chi connectivity index (χ4v) is 6.10. The molecule has 10 nitrogen and oxygen atoms in total. The zero-order chi connectivity index (χ0) is 27.7. The summed E-state index contributed by atoms with van der Waals surface area (Å²) in [5.74, 6) is -6.57. The molecule has 3 atom stereocenters. The van der Waals surface area contributed by atoms with E-state index >= 15 is 0 Å². The minimum Gasteiger partial charge on any atom is -0.508 e. The number of ketones is 2. The Morgan fingerprint density at radius 2 is 1.76 bits per heavy atom. The molecule has 2 aromatic carbocycles. The first-order valence-corrected chi connectivity index (χ1v) is 12.2. The number of phenolic OH excluding ortho intramolecular Hbond substituents is 1. The summed E-state index contributed by atoms with van der Waals surface area (Å²) in [4.78, 5) is 40.0. The van der Waals surface area contributed by atoms with E-state index in [0.717, 1.165) is 16.8 Å². The lowest BCUT2D eigenvalue weighted by molar-refractivity contribution is -0.147. The average Bonchev–Trinajstić information content (AvgIpc) is 2.86. The molecule has 1 fully saturated rings. The van der Waals surface area contributed by atoms with Gasteiger partial charge in [0.1, 0.15) is 22.8 Å². The highest BCUT2D eigenvalue weighted by Crippen LogP contribution is 2.53. The van der Waals surface area contributed by atoms with Crippen LogP contribution in [0.4, 0.5) is 5.69 Å². The molecule has 5 rings (SSSR count). The number of fused-ring (bicyclic) bond motifs is 3. The zero-order valence-corrected chi connectivity index (χ0v) is 21.0. The molecule has 10 heteroatoms. The number of hydrogen-bond donors (Lipinski definition) is 6. The molecule has 198 valence electrons. The van der Waals surface area contributed by atoms with E-state index in [-0.39, 0.29) is 42.7 Å². The van der Waals surface area contributed by atoms with Crippen molar-refractivity contribution in [2.45, 2.75) is 31.4 Å². The van der Waals surface area contributed by atoms with Crippen molar-refractivity contribution >= 4 is 28.9 Å². The smallest absolute Gasteiger partial charge is 0.255 e. The number of rotatable bonds is 4. The lowest BCUT2D eigenvalue weighted by Gasteiger charge is -2.46. The van der Waals surface area contributed by atoms with Crippen LogP contribution in [0.3, 0.4) is 0 Å². The van der Waals surface area contributed by atoms with Gasteiger partial charge in [-0.3, -0.25) is 14.4 Å². The molecule has 1 saturated carbocycles. The van der Waals surface area contributed by atoms with E-state index in [1.165, 1.54) is 0 Å². The second-order valence-corrected chi connectivity index (χ2v) is 10.3. The minimum absolute atomic E-state index is 0.0340. The van der Waals surface area contributed by atoms with Crippen molar-refractivity contribution in [1.82, 2.24) is 0 Å². The Morgan fingerprint density at radius 1 is 1.11 bits per heavy atom. The van der Waals surface area contributed by atoms with E-state index in [2.05, 4.69) is 0 Å². The van der Waals surface area contributed by atoms with Crippen molar-refractivity contribution in [3.63, 3.8) is 0 Å². The molecule has 8 N–H and O–H groups in total. The Balaban J connectivity index is 1.72. The van der Waals surface area contributed by atoms with Crippen LogP contribution in [-0.2, 0) is 27.3 Å². The maximum atomic E-state index is 13.7. The Kier molecular flexibility index (Phi) is 5.85. The van der Waals surface area contributed by atoms with Gasteiger partial charge in [0, 0.05) is 49.8 Å². The Hall–Kier alpha value is -4.15. The Labute approximate surface area is 218 Å². The summed E-state index contributed by atoms with van der Waals surface area (Å²) >= 11 is 0. The van der Waals surface area contributed by atoms with Gasteiger partial charge in [-0.25, -0.2) is 0 Å². The monoisotopic (exact) mass is 519 g/mol. The van der Waals surface area contributed by atoms with Crippen LogP contribution in [0.5, 0.6) is 5.75 Å². The maximum Gasteiger partial charge on any atom is 0.255 e. The number of hydrogen-bond acceptors (Lipinski definition) is 9. The lowest BCUT2D eigenvalue weighted by Crippen LogP contribution is -2.58. The number of phenols is 1. The first-order valence-electron chi connectivity index (χ1n) is 12.2. The van der Waals surface area contributed by atoms with Crippen molar-refractivity contribution < 1.29 is 34.8 Å². The van der Waals surface area contributed by atoms with Gasteiger partial charge in [0.15, 0.2) is 11.4 Å². The molecule has 1 amide bonds. The number of primary amides is 1. The van der Waals surface area contributed by atoms with Crippen LogP contribution in [-0.4, -0.2) is 57.6 Å². The van der Waals surface area contributed by atoms with Crippen LogP contribution in [0, 0.1) is 11.8 Å². The Bertz CT molecular complexity index is 1470. The summed E-state index contributed by atoms with van der Waals surface area (Å²) in [6.07, 6.45) is -0.0723. The minimum atomic E-state index is -2.60. The molecule has 0 spiro atoms. The SMILES string of the molecule is CN(C)c1ccc(-c2cc(CN)c(O)c3c2C[C@H]2C[C@H]4CC(=O)C(C(N)=O)=C(O)[C@@]4(O)C(=O)C2=C3O)cc1. The molecule has 0 heterocycles. The Morgan fingerprint density at radius 3 is 2.34 bits per heavy atom. The molecule has 0 unspecified atom stereocenters. The van der Waals surface area contributed by atoms with Crippen LogP contribution in [0.2, 0.25) is 0 Å². The molecule has 0 saturated heterocycles. The van der Waals surface area contributed by atoms with E-state index in [0.29, 0.717) is 11.1 Å². The molecule has 3 aliphatic carbocycles. The van der Waals surface area contributed by atoms with E-state index in [4.69, 9.17) is 11.5 Å². The van der Waals surface area contributed by atoms with Gasteiger partial charge in [-0.2, -0.15) is 0 Å². The molecule has 2 aromatic rings. The van der Waals surface area contributed by atoms with Crippen molar-refractivity contribution in [3.05, 3.63) is 63.9 Å². The number of amides is 1. The first-order chi connectivity index (χ1) is 17.9. The molecule has 0 aliphatic heterocycles. The van der Waals surface area contributed by atoms with Crippen molar-refractivity contribution in [2.75, 3.05) is 19.0 Å². The van der Waals surface area contributed by atoms with E-state index in [1.54, 1.807) is 6.07 Å². The van der Waals surface area contributed by atoms with E-state index in [1.807, 2.05) is 43.3 Å². The number of anilines is 1. The van der Waals surface area contributed by atoms with E-state index in [9.17, 15) is 34.8 Å². The van der Waals surface area contributed by atoms with Gasteiger partial charge in [-0.05, 0) is 53.6 Å². The second kappa shape index (κ2) is 8.71. The number of aromatic hydroxyl groups is 1. The largest absolute Gasteiger partial charge is 0.508 e. The molecular formula is C28H29N3O7. The summed E-state index contributed by atoms with van der Waals surface area (Å²) in [6, 6.07) is 9.46. The standard InChI is InChI=1S/C28H29N3O7/c1-31(2)16-5-3-12(4-6-16)17-9-14(11-29)23(33)21-18(17)8-13-7-15-10-19(32)22(27(30)37)26(36)28(15,38)25(35)20(13)24(21)34/h3-6,9,13,15,33-34,36,38H,7-8,10-11,29H2,1-2H3,(H2,30,37)/t13-,15+,28+/m1/s1. The molecule has 3 aliphatic rings. The van der Waals surface area contributed by atoms with Crippen LogP contribution < -0.4 is 16.4 Å². The number of Topliss-reactive ketones (excluding diaryl/α,β-unsaturated/α-hetero) is 2. The predicted molar refractivity (Wildman–Crippen MR) is 139 cm³/mol. The highest BCUT2D eigenvalue weighted by Gasteiger charge is 2.60. The molecule has 0 radical (unpaired) electrons. The van der Waals surface area contributed by atoms with Crippen LogP contribution in [0.25, 0.3) is 16.9 Å². The van der Waals surface area contributed by atoms with Gasteiger partial charge in [0.05, 0.1) is 5.56 Å².